The van der Waals surface area contributed by atoms with Crippen LogP contribution in [0.3, 0.4) is 0 Å². The maximum absolute atomic E-state index is 12.8. The zero-order valence-electron chi connectivity index (χ0n) is 15.2. The van der Waals surface area contributed by atoms with Crippen LogP contribution in [-0.4, -0.2) is 57.5 Å². The van der Waals surface area contributed by atoms with Gasteiger partial charge in [0, 0.05) is 38.6 Å². The number of aromatic nitrogens is 2. The van der Waals surface area contributed by atoms with Crippen LogP contribution < -0.4 is 5.32 Å². The molecule has 1 aromatic heterocycles. The van der Waals surface area contributed by atoms with Gasteiger partial charge in [0.05, 0.1) is 6.54 Å². The van der Waals surface area contributed by atoms with Gasteiger partial charge in [-0.2, -0.15) is 5.10 Å². The lowest BCUT2D eigenvalue weighted by molar-refractivity contribution is -0.156. The average Bonchev–Trinajstić information content (AvgIpc) is 3.15. The molecule has 0 aromatic carbocycles. The second-order valence-electron chi connectivity index (χ2n) is 7.67. The second kappa shape index (κ2) is 8.81. The van der Waals surface area contributed by atoms with Crippen molar-refractivity contribution in [2.45, 2.75) is 63.5 Å². The molecule has 0 unspecified atom stereocenters. The predicted molar refractivity (Wildman–Crippen MR) is 97.1 cm³/mol. The first-order valence-corrected chi connectivity index (χ1v) is 9.87. The Hall–Kier alpha value is -1.40. The van der Waals surface area contributed by atoms with Gasteiger partial charge in [-0.05, 0) is 31.2 Å². The summed E-state index contributed by atoms with van der Waals surface area (Å²) < 4.78 is 1.84. The fourth-order valence-corrected chi connectivity index (χ4v) is 4.18. The summed E-state index contributed by atoms with van der Waals surface area (Å²) in [5, 5.41) is 18.2. The molecule has 1 atom stereocenters. The summed E-state index contributed by atoms with van der Waals surface area (Å²) in [6.45, 7) is 3.36. The van der Waals surface area contributed by atoms with Crippen LogP contribution in [0.4, 0.5) is 0 Å². The molecule has 140 valence electrons. The number of carbonyl (C=O) groups is 1. The van der Waals surface area contributed by atoms with E-state index in [1.807, 2.05) is 21.8 Å². The summed E-state index contributed by atoms with van der Waals surface area (Å²) in [6, 6.07) is 1.89. The Bertz CT molecular complexity index is 528. The highest BCUT2D eigenvalue weighted by Crippen LogP contribution is 2.28. The van der Waals surface area contributed by atoms with Crippen LogP contribution in [0.2, 0.25) is 0 Å². The van der Waals surface area contributed by atoms with Crippen molar-refractivity contribution >= 4 is 5.91 Å². The van der Waals surface area contributed by atoms with Crippen LogP contribution in [0, 0.1) is 5.92 Å². The highest BCUT2D eigenvalue weighted by Gasteiger charge is 2.41. The summed E-state index contributed by atoms with van der Waals surface area (Å²) in [4.78, 5) is 14.7. The van der Waals surface area contributed by atoms with Crippen molar-refractivity contribution in [3.8, 4) is 0 Å². The zero-order valence-corrected chi connectivity index (χ0v) is 15.2. The van der Waals surface area contributed by atoms with E-state index in [1.165, 1.54) is 32.1 Å². The maximum Gasteiger partial charge on any atom is 0.255 e. The van der Waals surface area contributed by atoms with Crippen LogP contribution in [0.25, 0.3) is 0 Å². The Labute approximate surface area is 150 Å². The minimum absolute atomic E-state index is 0.0823. The van der Waals surface area contributed by atoms with Crippen molar-refractivity contribution in [1.29, 1.82) is 0 Å². The number of piperidine rings is 1. The molecule has 0 bridgehead atoms. The molecule has 1 amide bonds. The molecule has 1 aliphatic heterocycles. The normalized spacial score (nSPS) is 25.5. The highest BCUT2D eigenvalue weighted by atomic mass is 16.3. The largest absolute Gasteiger partial charge is 0.379 e. The van der Waals surface area contributed by atoms with Gasteiger partial charge < -0.3 is 15.3 Å². The van der Waals surface area contributed by atoms with Gasteiger partial charge in [-0.25, -0.2) is 0 Å². The van der Waals surface area contributed by atoms with Crippen molar-refractivity contribution in [3.05, 3.63) is 18.5 Å². The Balaban J connectivity index is 1.42. The molecule has 6 nitrogen and oxygen atoms in total. The van der Waals surface area contributed by atoms with E-state index >= 15 is 0 Å². The highest BCUT2D eigenvalue weighted by molar-refractivity contribution is 5.86. The standard InChI is InChI=1S/C19H32N4O2/c24-18-19(25,16-20-11-15-23-13-5-10-21-23)9-4-12-22(18)14-8-17-6-2-1-3-7-17/h5,10,13,17,20,25H,1-4,6-9,11-12,14-16H2/t19-/m1/s1. The van der Waals surface area contributed by atoms with E-state index in [0.717, 1.165) is 38.4 Å². The Morgan fingerprint density at radius 3 is 2.84 bits per heavy atom. The first kappa shape index (κ1) is 18.4. The van der Waals surface area contributed by atoms with E-state index in [-0.39, 0.29) is 5.91 Å². The summed E-state index contributed by atoms with van der Waals surface area (Å²) in [5.74, 6) is 0.685. The number of amides is 1. The molecule has 2 heterocycles. The monoisotopic (exact) mass is 348 g/mol. The molecule has 2 fully saturated rings. The molecule has 1 saturated carbocycles. The van der Waals surface area contributed by atoms with E-state index in [2.05, 4.69) is 10.4 Å². The topological polar surface area (TPSA) is 70.4 Å². The van der Waals surface area contributed by atoms with Gasteiger partial charge in [0.1, 0.15) is 0 Å². The third-order valence-corrected chi connectivity index (χ3v) is 5.73. The number of rotatable bonds is 8. The first-order valence-electron chi connectivity index (χ1n) is 9.87. The van der Waals surface area contributed by atoms with Crippen LogP contribution in [0.15, 0.2) is 18.5 Å². The molecule has 1 aliphatic carbocycles. The number of nitrogens with zero attached hydrogens (tertiary/aromatic N) is 3. The van der Waals surface area contributed by atoms with E-state index in [1.54, 1.807) is 6.20 Å². The molecule has 25 heavy (non-hydrogen) atoms. The van der Waals surface area contributed by atoms with Gasteiger partial charge in [-0.1, -0.05) is 32.1 Å². The number of hydrogen-bond acceptors (Lipinski definition) is 4. The van der Waals surface area contributed by atoms with Gasteiger partial charge in [0.2, 0.25) is 0 Å². The summed E-state index contributed by atoms with van der Waals surface area (Å²) in [7, 11) is 0. The molecule has 0 radical (unpaired) electrons. The molecule has 2 aliphatic rings. The summed E-state index contributed by atoms with van der Waals surface area (Å²) in [6.07, 6.45) is 12.8. The predicted octanol–water partition coefficient (Wildman–Crippen LogP) is 1.80. The van der Waals surface area contributed by atoms with Crippen molar-refractivity contribution in [1.82, 2.24) is 20.0 Å². The third-order valence-electron chi connectivity index (χ3n) is 5.73. The fourth-order valence-electron chi connectivity index (χ4n) is 4.18. The maximum atomic E-state index is 12.8. The van der Waals surface area contributed by atoms with E-state index in [4.69, 9.17) is 0 Å². The van der Waals surface area contributed by atoms with Crippen molar-refractivity contribution in [2.75, 3.05) is 26.2 Å². The molecule has 0 spiro atoms. The van der Waals surface area contributed by atoms with Crippen LogP contribution in [0.1, 0.15) is 51.4 Å². The van der Waals surface area contributed by atoms with Crippen LogP contribution in [-0.2, 0) is 11.3 Å². The molecule has 3 rings (SSSR count). The van der Waals surface area contributed by atoms with Gasteiger partial charge in [0.25, 0.3) is 5.91 Å². The number of hydrogen-bond donors (Lipinski definition) is 2. The molecule has 2 N–H and O–H groups in total. The van der Waals surface area contributed by atoms with Crippen molar-refractivity contribution < 1.29 is 9.90 Å². The van der Waals surface area contributed by atoms with Gasteiger partial charge in [-0.15, -0.1) is 0 Å². The Kier molecular flexibility index (Phi) is 6.48. The quantitative estimate of drug-likeness (QED) is 0.703. The Morgan fingerprint density at radius 2 is 2.08 bits per heavy atom. The lowest BCUT2D eigenvalue weighted by atomic mass is 9.86. The fraction of sp³-hybridized carbons (Fsp3) is 0.789. The number of carbonyl (C=O) groups excluding carboxylic acids is 1. The first-order chi connectivity index (χ1) is 12.2. The number of likely N-dealkylation sites (tertiary alicyclic amines) is 1. The average molecular weight is 348 g/mol. The second-order valence-corrected chi connectivity index (χ2v) is 7.67. The smallest absolute Gasteiger partial charge is 0.255 e. The lowest BCUT2D eigenvalue weighted by Gasteiger charge is -2.39. The van der Waals surface area contributed by atoms with Gasteiger partial charge in [0.15, 0.2) is 5.60 Å². The number of nitrogens with one attached hydrogen (secondary N) is 1. The zero-order chi connectivity index (χ0) is 17.5. The Morgan fingerprint density at radius 1 is 1.24 bits per heavy atom. The number of aliphatic hydroxyl groups is 1. The van der Waals surface area contributed by atoms with E-state index in [0.29, 0.717) is 19.5 Å². The van der Waals surface area contributed by atoms with E-state index < -0.39 is 5.60 Å². The van der Waals surface area contributed by atoms with Gasteiger partial charge in [-0.3, -0.25) is 9.48 Å². The molecule has 6 heteroatoms. The van der Waals surface area contributed by atoms with Gasteiger partial charge >= 0.3 is 0 Å². The van der Waals surface area contributed by atoms with Crippen LogP contribution in [0.5, 0.6) is 0 Å². The van der Waals surface area contributed by atoms with Crippen LogP contribution >= 0.6 is 0 Å². The SMILES string of the molecule is O=C1N(CCC2CCCCC2)CCC[C@@]1(O)CNCCn1cccn1. The molecular weight excluding hydrogens is 316 g/mol. The lowest BCUT2D eigenvalue weighted by Crippen LogP contribution is -2.58. The van der Waals surface area contributed by atoms with Crippen molar-refractivity contribution in [2.24, 2.45) is 5.92 Å². The minimum atomic E-state index is -1.24. The molecule has 1 saturated heterocycles. The summed E-state index contributed by atoms with van der Waals surface area (Å²) >= 11 is 0. The molecular formula is C19H32N4O2. The minimum Gasteiger partial charge on any atom is -0.379 e. The van der Waals surface area contributed by atoms with E-state index in [9.17, 15) is 9.90 Å². The van der Waals surface area contributed by atoms with Crippen molar-refractivity contribution in [3.63, 3.8) is 0 Å². The summed E-state index contributed by atoms with van der Waals surface area (Å²) in [5.41, 5.74) is -1.24. The third kappa shape index (κ3) is 5.05. The molecule has 1 aromatic rings.